The third-order valence-corrected chi connectivity index (χ3v) is 5.46. The Morgan fingerprint density at radius 2 is 1.39 bits per heavy atom. The van der Waals surface area contributed by atoms with E-state index in [9.17, 15) is 15.0 Å². The van der Waals surface area contributed by atoms with Crippen LogP contribution in [0.5, 0.6) is 23.0 Å². The van der Waals surface area contributed by atoms with Gasteiger partial charge < -0.3 is 29.2 Å². The number of esters is 1. The zero-order valence-electron chi connectivity index (χ0n) is 21.7. The van der Waals surface area contributed by atoms with Crippen molar-refractivity contribution in [2.24, 2.45) is 0 Å². The van der Waals surface area contributed by atoms with E-state index in [0.717, 1.165) is 32.1 Å². The van der Waals surface area contributed by atoms with Crippen molar-refractivity contribution in [1.29, 1.82) is 0 Å². The van der Waals surface area contributed by atoms with Crippen molar-refractivity contribution in [3.63, 3.8) is 0 Å². The number of carbonyl (C=O) groups excluding carboxylic acids is 1. The summed E-state index contributed by atoms with van der Waals surface area (Å²) in [7, 11) is 0. The summed E-state index contributed by atoms with van der Waals surface area (Å²) in [5.41, 5.74) is 1.11. The van der Waals surface area contributed by atoms with E-state index >= 15 is 0 Å². The summed E-state index contributed by atoms with van der Waals surface area (Å²) in [6.45, 7) is 11.0. The number of unbranched alkanes of at least 4 members (excludes halogenated alkanes) is 4. The molecule has 2 N–H and O–H groups in total. The molecule has 38 heavy (non-hydrogen) atoms. The molecule has 0 spiro atoms. The molecule has 0 amide bonds. The topological polar surface area (TPSA) is 94.5 Å². The minimum Gasteiger partial charge on any atom is -0.486 e. The monoisotopic (exact) mass is 520 g/mol. The highest BCUT2D eigenvalue weighted by atomic mass is 16.5. The van der Waals surface area contributed by atoms with Crippen LogP contribution in [0.15, 0.2) is 62.2 Å². The van der Waals surface area contributed by atoms with Gasteiger partial charge in [-0.2, -0.15) is 0 Å². The molecule has 0 aliphatic rings. The number of hydrogen-bond donors (Lipinski definition) is 2. The van der Waals surface area contributed by atoms with Gasteiger partial charge in [0.2, 0.25) is 5.75 Å². The van der Waals surface area contributed by atoms with Gasteiger partial charge in [0.15, 0.2) is 11.5 Å². The predicted octanol–water partition coefficient (Wildman–Crippen LogP) is 5.52. The molecule has 202 valence electrons. The average Bonchev–Trinajstić information content (AvgIpc) is 2.94. The number of carbonyl (C=O) groups is 1. The summed E-state index contributed by atoms with van der Waals surface area (Å²) < 4.78 is 23.3. The lowest BCUT2D eigenvalue weighted by Crippen LogP contribution is -2.14. The van der Waals surface area contributed by atoms with Crippen LogP contribution in [0.3, 0.4) is 0 Å². The SMILES string of the molecule is C#Cc1cc(CO)c(OC(=O)c2cc(OCC=C)c(OCCCCCCC=C)c(OCC=C)c2)c(CO)c1. The highest BCUT2D eigenvalue weighted by molar-refractivity contribution is 5.93. The Labute approximate surface area is 225 Å². The Morgan fingerprint density at radius 1 is 0.816 bits per heavy atom. The summed E-state index contributed by atoms with van der Waals surface area (Å²) in [5.74, 6) is 2.69. The minimum atomic E-state index is -0.747. The Balaban J connectivity index is 2.37. The first kappa shape index (κ1) is 30.2. The summed E-state index contributed by atoms with van der Waals surface area (Å²) in [4.78, 5) is 13.2. The van der Waals surface area contributed by atoms with Crippen LogP contribution in [0.2, 0.25) is 0 Å². The molecule has 2 aromatic rings. The van der Waals surface area contributed by atoms with E-state index in [1.54, 1.807) is 12.2 Å². The zero-order chi connectivity index (χ0) is 27.8. The van der Waals surface area contributed by atoms with E-state index in [4.69, 9.17) is 25.4 Å². The highest BCUT2D eigenvalue weighted by Gasteiger charge is 2.22. The molecule has 0 atom stereocenters. The standard InChI is InChI=1S/C31H36O7/c1-5-9-10-11-12-13-16-37-30-27(35-14-6-2)19-24(20-28(30)36-15-7-3)31(34)38-29-25(21-32)17-23(8-4)18-26(29)22-33/h4-7,17-20,32-33H,1-3,9-16,21-22H2. The van der Waals surface area contributed by atoms with Gasteiger partial charge in [0, 0.05) is 16.7 Å². The summed E-state index contributed by atoms with van der Waals surface area (Å²) in [5, 5.41) is 19.6. The van der Waals surface area contributed by atoms with Crippen LogP contribution >= 0.6 is 0 Å². The van der Waals surface area contributed by atoms with E-state index in [1.807, 2.05) is 6.08 Å². The predicted molar refractivity (Wildman–Crippen MR) is 148 cm³/mol. The Kier molecular flexibility index (Phi) is 13.3. The molecule has 7 heteroatoms. The third-order valence-electron chi connectivity index (χ3n) is 5.46. The molecule has 0 heterocycles. The lowest BCUT2D eigenvalue weighted by molar-refractivity contribution is 0.0726. The molecule has 2 aromatic carbocycles. The van der Waals surface area contributed by atoms with Crippen molar-refractivity contribution in [3.8, 4) is 35.3 Å². The van der Waals surface area contributed by atoms with Crippen molar-refractivity contribution >= 4 is 5.97 Å². The van der Waals surface area contributed by atoms with Crippen LogP contribution in [-0.2, 0) is 13.2 Å². The molecule has 0 saturated carbocycles. The number of rotatable bonds is 18. The van der Waals surface area contributed by atoms with Gasteiger partial charge in [-0.1, -0.05) is 50.1 Å². The molecular formula is C31H36O7. The van der Waals surface area contributed by atoms with E-state index in [0.29, 0.717) is 17.9 Å². The maximum absolute atomic E-state index is 13.2. The van der Waals surface area contributed by atoms with Crippen molar-refractivity contribution in [2.45, 2.75) is 45.3 Å². The zero-order valence-corrected chi connectivity index (χ0v) is 21.7. The van der Waals surface area contributed by atoms with Gasteiger partial charge in [-0.05, 0) is 43.5 Å². The average molecular weight is 521 g/mol. The van der Waals surface area contributed by atoms with E-state index in [2.05, 4.69) is 25.7 Å². The van der Waals surface area contributed by atoms with Gasteiger partial charge in [0.05, 0.1) is 25.4 Å². The fraction of sp³-hybridized carbons (Fsp3) is 0.323. The number of hydrogen-bond acceptors (Lipinski definition) is 7. The molecule has 0 unspecified atom stereocenters. The first-order chi connectivity index (χ1) is 18.5. The van der Waals surface area contributed by atoms with Crippen molar-refractivity contribution in [1.82, 2.24) is 0 Å². The smallest absolute Gasteiger partial charge is 0.343 e. The minimum absolute atomic E-state index is 0.0397. The van der Waals surface area contributed by atoms with Gasteiger partial charge >= 0.3 is 5.97 Å². The first-order valence-electron chi connectivity index (χ1n) is 12.5. The molecule has 7 nitrogen and oxygen atoms in total. The molecule has 0 radical (unpaired) electrons. The molecule has 0 aromatic heterocycles. The van der Waals surface area contributed by atoms with Gasteiger partial charge in [-0.15, -0.1) is 13.0 Å². The number of aliphatic hydroxyl groups excluding tert-OH is 2. The lowest BCUT2D eigenvalue weighted by atomic mass is 10.0. The molecular weight excluding hydrogens is 484 g/mol. The van der Waals surface area contributed by atoms with Crippen LogP contribution in [0, 0.1) is 12.3 Å². The quantitative estimate of drug-likeness (QED) is 0.0879. The summed E-state index contributed by atoms with van der Waals surface area (Å²) in [6, 6.07) is 6.04. The van der Waals surface area contributed by atoms with Crippen LogP contribution in [-0.4, -0.2) is 36.0 Å². The second-order valence-corrected chi connectivity index (χ2v) is 8.31. The van der Waals surface area contributed by atoms with E-state index < -0.39 is 19.2 Å². The van der Waals surface area contributed by atoms with Gasteiger partial charge in [-0.3, -0.25) is 0 Å². The number of terminal acetylenes is 1. The number of allylic oxidation sites excluding steroid dienone is 1. The highest BCUT2D eigenvalue weighted by Crippen LogP contribution is 2.40. The third kappa shape index (κ3) is 8.84. The largest absolute Gasteiger partial charge is 0.486 e. The molecule has 2 rings (SSSR count). The Bertz CT molecular complexity index is 1090. The van der Waals surface area contributed by atoms with Crippen LogP contribution in [0.1, 0.15) is 59.2 Å². The molecule has 0 fully saturated rings. The van der Waals surface area contributed by atoms with Crippen LogP contribution in [0.4, 0.5) is 0 Å². The Morgan fingerprint density at radius 3 is 1.89 bits per heavy atom. The normalized spacial score (nSPS) is 10.2. The van der Waals surface area contributed by atoms with E-state index in [-0.39, 0.29) is 47.2 Å². The van der Waals surface area contributed by atoms with Gasteiger partial charge in [0.25, 0.3) is 0 Å². The van der Waals surface area contributed by atoms with Crippen molar-refractivity contribution in [3.05, 3.63) is 84.5 Å². The van der Waals surface area contributed by atoms with Crippen LogP contribution in [0.25, 0.3) is 0 Å². The molecule has 0 aliphatic heterocycles. The molecule has 0 saturated heterocycles. The van der Waals surface area contributed by atoms with Crippen molar-refractivity contribution in [2.75, 3.05) is 19.8 Å². The van der Waals surface area contributed by atoms with Gasteiger partial charge in [0.1, 0.15) is 19.0 Å². The molecule has 0 bridgehead atoms. The maximum Gasteiger partial charge on any atom is 0.343 e. The molecule has 0 aliphatic carbocycles. The number of benzene rings is 2. The summed E-state index contributed by atoms with van der Waals surface area (Å²) in [6.07, 6.45) is 15.5. The lowest BCUT2D eigenvalue weighted by Gasteiger charge is -2.18. The fourth-order valence-electron chi connectivity index (χ4n) is 3.62. The maximum atomic E-state index is 13.2. The second-order valence-electron chi connectivity index (χ2n) is 8.31. The van der Waals surface area contributed by atoms with Gasteiger partial charge in [-0.25, -0.2) is 4.79 Å². The van der Waals surface area contributed by atoms with Crippen molar-refractivity contribution < 1.29 is 34.0 Å². The fourth-order valence-corrected chi connectivity index (χ4v) is 3.62. The van der Waals surface area contributed by atoms with Crippen LogP contribution < -0.4 is 18.9 Å². The number of ether oxygens (including phenoxy) is 4. The Hall–Kier alpha value is -3.99. The first-order valence-corrected chi connectivity index (χ1v) is 12.5. The summed E-state index contributed by atoms with van der Waals surface area (Å²) >= 11 is 0. The second kappa shape index (κ2) is 16.7. The number of aliphatic hydroxyl groups is 2. The van der Waals surface area contributed by atoms with E-state index in [1.165, 1.54) is 24.3 Å².